The van der Waals surface area contributed by atoms with Gasteiger partial charge in [0.1, 0.15) is 0 Å². The third kappa shape index (κ3) is 6.49. The number of nitrogens with zero attached hydrogens (tertiary/aromatic N) is 2. The lowest BCUT2D eigenvalue weighted by molar-refractivity contribution is -0.137. The van der Waals surface area contributed by atoms with Gasteiger partial charge in [-0.15, -0.1) is 0 Å². The summed E-state index contributed by atoms with van der Waals surface area (Å²) in [6, 6.07) is 67.1. The maximum Gasteiger partial charge on any atom is 0.416 e. The lowest BCUT2D eigenvalue weighted by atomic mass is 9.90. The minimum Gasteiger partial charge on any atom is -0.310 e. The molecule has 5 heteroatoms. The Morgan fingerprint density at radius 2 is 1.02 bits per heavy atom. The van der Waals surface area contributed by atoms with Crippen LogP contribution in [0.15, 0.2) is 200 Å². The molecule has 0 saturated heterocycles. The number of rotatable bonds is 7. The minimum absolute atomic E-state index is 0.469. The van der Waals surface area contributed by atoms with Gasteiger partial charge in [0.2, 0.25) is 0 Å². The summed E-state index contributed by atoms with van der Waals surface area (Å²) < 4.78 is 43.6. The molecule has 0 unspecified atom stereocenters. The first kappa shape index (κ1) is 36.9. The second kappa shape index (κ2) is 14.8. The molecule has 0 atom stereocenters. The van der Waals surface area contributed by atoms with Crippen LogP contribution >= 0.6 is 0 Å². The highest BCUT2D eigenvalue weighted by atomic mass is 19.4. The Kier molecular flexibility index (Phi) is 9.10. The molecule has 0 radical (unpaired) electrons. The van der Waals surface area contributed by atoms with E-state index >= 15 is 0 Å². The average Bonchev–Trinajstić information content (AvgIpc) is 3.61. The van der Waals surface area contributed by atoms with E-state index in [1.807, 2.05) is 34.9 Å². The number of anilines is 3. The zero-order valence-electron chi connectivity index (χ0n) is 33.1. The van der Waals surface area contributed by atoms with E-state index in [2.05, 4.69) is 164 Å². The van der Waals surface area contributed by atoms with Gasteiger partial charge in [0.15, 0.2) is 0 Å². The van der Waals surface area contributed by atoms with E-state index in [0.717, 1.165) is 78.0 Å². The Bertz CT molecular complexity index is 3190. The molecular weight excluding hydrogens is 746 g/mol. The molecule has 0 aliphatic heterocycles. The van der Waals surface area contributed by atoms with E-state index in [9.17, 15) is 13.2 Å². The van der Waals surface area contributed by atoms with Gasteiger partial charge >= 0.3 is 6.18 Å². The van der Waals surface area contributed by atoms with Crippen molar-refractivity contribution >= 4 is 49.6 Å². The predicted octanol–water partition coefficient (Wildman–Crippen LogP) is 16.0. The van der Waals surface area contributed by atoms with Crippen LogP contribution in [0.2, 0.25) is 0 Å². The molecule has 0 fully saturated rings. The maximum absolute atomic E-state index is 13.9. The molecule has 0 aliphatic rings. The molecular formula is C55H39F3N2. The number of aromatic nitrogens is 1. The van der Waals surface area contributed by atoms with E-state index in [-0.39, 0.29) is 0 Å². The molecule has 0 aliphatic carbocycles. The summed E-state index contributed by atoms with van der Waals surface area (Å²) >= 11 is 0. The van der Waals surface area contributed by atoms with Gasteiger partial charge in [0, 0.05) is 27.8 Å². The number of alkyl halides is 3. The number of halogens is 3. The van der Waals surface area contributed by atoms with Gasteiger partial charge in [-0.3, -0.25) is 0 Å². The summed E-state index contributed by atoms with van der Waals surface area (Å²) in [5, 5.41) is 4.28. The van der Waals surface area contributed by atoms with Crippen molar-refractivity contribution in [1.82, 2.24) is 4.57 Å². The predicted molar refractivity (Wildman–Crippen MR) is 244 cm³/mol. The van der Waals surface area contributed by atoms with Gasteiger partial charge in [-0.2, -0.15) is 13.2 Å². The fraction of sp³-hybridized carbons (Fsp3) is 0.0545. The normalized spacial score (nSPS) is 11.8. The number of benzene rings is 9. The molecule has 0 N–H and O–H groups in total. The van der Waals surface area contributed by atoms with Crippen molar-refractivity contribution in [3.05, 3.63) is 217 Å². The van der Waals surface area contributed by atoms with Crippen molar-refractivity contribution in [2.75, 3.05) is 4.90 Å². The van der Waals surface area contributed by atoms with Crippen molar-refractivity contribution in [2.45, 2.75) is 20.0 Å². The first-order chi connectivity index (χ1) is 29.2. The summed E-state index contributed by atoms with van der Waals surface area (Å²) in [5.41, 5.74) is 13.7. The van der Waals surface area contributed by atoms with Gasteiger partial charge in [-0.1, -0.05) is 140 Å². The molecule has 10 aromatic rings. The van der Waals surface area contributed by atoms with Crippen LogP contribution in [-0.4, -0.2) is 4.57 Å². The molecule has 10 rings (SSSR count). The quantitative estimate of drug-likeness (QED) is 0.156. The van der Waals surface area contributed by atoms with Crippen molar-refractivity contribution in [1.29, 1.82) is 0 Å². The van der Waals surface area contributed by atoms with Crippen LogP contribution in [0.3, 0.4) is 0 Å². The number of fused-ring (bicyclic) bond motifs is 4. The maximum atomic E-state index is 13.9. The molecule has 9 aromatic carbocycles. The van der Waals surface area contributed by atoms with Crippen LogP contribution in [-0.2, 0) is 6.18 Å². The zero-order chi connectivity index (χ0) is 41.0. The van der Waals surface area contributed by atoms with E-state index in [1.54, 1.807) is 6.07 Å². The number of hydrogen-bond donors (Lipinski definition) is 0. The first-order valence-corrected chi connectivity index (χ1v) is 20.1. The van der Waals surface area contributed by atoms with Crippen molar-refractivity contribution < 1.29 is 13.2 Å². The van der Waals surface area contributed by atoms with Gasteiger partial charge in [0.05, 0.1) is 22.3 Å². The number of aryl methyl sites for hydroxylation is 2. The standard InChI is InChI=1S/C55H39F3N2/c1-36-13-8-14-37(2)54(36)59(44-20-4-3-5-21-44)45-30-27-38(28-31-45)47-24-10-15-39-16-11-25-48(53(39)47)42-18-9-17-40(33-42)41-29-32-50-49-23-6-7-26-51(49)60(52(50)34-41)46-22-12-19-43(35-46)55(56,57)58/h3-35H,1-2H3. The molecule has 1 aromatic heterocycles. The van der Waals surface area contributed by atoms with Crippen molar-refractivity contribution in [2.24, 2.45) is 0 Å². The summed E-state index contributed by atoms with van der Waals surface area (Å²) in [7, 11) is 0. The fourth-order valence-electron chi connectivity index (χ4n) is 8.87. The van der Waals surface area contributed by atoms with Gasteiger partial charge in [0.25, 0.3) is 0 Å². The molecule has 0 bridgehead atoms. The molecule has 290 valence electrons. The number of hydrogen-bond acceptors (Lipinski definition) is 1. The Hall–Kier alpha value is -7.37. The van der Waals surface area contributed by atoms with Crippen LogP contribution in [0.4, 0.5) is 30.2 Å². The van der Waals surface area contributed by atoms with E-state index in [4.69, 9.17) is 0 Å². The SMILES string of the molecule is Cc1cccc(C)c1N(c1ccccc1)c1ccc(-c2cccc3cccc(-c4cccc(-c5ccc6c7ccccc7n(-c7cccc(C(F)(F)F)c7)c6c5)c4)c23)cc1. The van der Waals surface area contributed by atoms with Crippen LogP contribution in [0.1, 0.15) is 16.7 Å². The highest BCUT2D eigenvalue weighted by Crippen LogP contribution is 2.43. The van der Waals surface area contributed by atoms with E-state index < -0.39 is 11.7 Å². The zero-order valence-corrected chi connectivity index (χ0v) is 33.1. The second-order valence-electron chi connectivity index (χ2n) is 15.4. The Labute approximate surface area is 347 Å². The third-order valence-corrected chi connectivity index (χ3v) is 11.6. The monoisotopic (exact) mass is 784 g/mol. The topological polar surface area (TPSA) is 8.17 Å². The van der Waals surface area contributed by atoms with Gasteiger partial charge in [-0.05, 0) is 130 Å². The minimum atomic E-state index is -4.45. The molecule has 0 saturated carbocycles. The van der Waals surface area contributed by atoms with Crippen LogP contribution in [0.25, 0.3) is 71.6 Å². The average molecular weight is 785 g/mol. The molecule has 2 nitrogen and oxygen atoms in total. The lowest BCUT2D eigenvalue weighted by Crippen LogP contribution is -2.12. The van der Waals surface area contributed by atoms with Crippen molar-refractivity contribution in [3.8, 4) is 39.1 Å². The van der Waals surface area contributed by atoms with Crippen LogP contribution in [0, 0.1) is 13.8 Å². The van der Waals surface area contributed by atoms with Crippen LogP contribution in [0.5, 0.6) is 0 Å². The largest absolute Gasteiger partial charge is 0.416 e. The summed E-state index contributed by atoms with van der Waals surface area (Å²) in [4.78, 5) is 2.34. The smallest absolute Gasteiger partial charge is 0.310 e. The van der Waals surface area contributed by atoms with Crippen LogP contribution < -0.4 is 4.90 Å². The van der Waals surface area contributed by atoms with E-state index in [0.29, 0.717) is 5.69 Å². The lowest BCUT2D eigenvalue weighted by Gasteiger charge is -2.28. The Morgan fingerprint density at radius 3 is 1.77 bits per heavy atom. The molecule has 0 spiro atoms. The third-order valence-electron chi connectivity index (χ3n) is 11.6. The Balaban J connectivity index is 1.07. The fourth-order valence-corrected chi connectivity index (χ4v) is 8.87. The van der Waals surface area contributed by atoms with Gasteiger partial charge in [-0.25, -0.2) is 0 Å². The molecule has 1 heterocycles. The Morgan fingerprint density at radius 1 is 0.433 bits per heavy atom. The number of para-hydroxylation sites is 3. The van der Waals surface area contributed by atoms with Gasteiger partial charge < -0.3 is 9.47 Å². The highest BCUT2D eigenvalue weighted by molar-refractivity contribution is 6.11. The summed E-state index contributed by atoms with van der Waals surface area (Å²) in [5.74, 6) is 0. The van der Waals surface area contributed by atoms with E-state index in [1.165, 1.54) is 34.3 Å². The highest BCUT2D eigenvalue weighted by Gasteiger charge is 2.31. The first-order valence-electron chi connectivity index (χ1n) is 20.1. The van der Waals surface area contributed by atoms with Crippen molar-refractivity contribution in [3.63, 3.8) is 0 Å². The molecule has 60 heavy (non-hydrogen) atoms. The second-order valence-corrected chi connectivity index (χ2v) is 15.4. The summed E-state index contributed by atoms with van der Waals surface area (Å²) in [6.45, 7) is 4.33. The summed E-state index contributed by atoms with van der Waals surface area (Å²) in [6.07, 6.45) is -4.45. The molecule has 0 amide bonds.